The summed E-state index contributed by atoms with van der Waals surface area (Å²) in [6.45, 7) is 0. The van der Waals surface area contributed by atoms with Gasteiger partial charge in [-0.1, -0.05) is 22.0 Å². The molecule has 0 saturated carbocycles. The van der Waals surface area contributed by atoms with Gasteiger partial charge in [0.25, 0.3) is 5.91 Å². The van der Waals surface area contributed by atoms with Gasteiger partial charge >= 0.3 is 0 Å². The van der Waals surface area contributed by atoms with Gasteiger partial charge in [0.05, 0.1) is 17.5 Å². The molecule has 0 bridgehead atoms. The number of aryl methyl sites for hydroxylation is 1. The van der Waals surface area contributed by atoms with Crippen LogP contribution in [0.3, 0.4) is 0 Å². The molecular formula is C24H20BrF2N3O3S. The van der Waals surface area contributed by atoms with E-state index in [9.17, 15) is 22.0 Å². The van der Waals surface area contributed by atoms with Crippen LogP contribution in [0.1, 0.15) is 10.5 Å². The molecule has 1 N–H and O–H groups in total. The summed E-state index contributed by atoms with van der Waals surface area (Å²) in [5, 5.41) is 3.58. The summed E-state index contributed by atoms with van der Waals surface area (Å²) >= 11 is 3.37. The zero-order valence-corrected chi connectivity index (χ0v) is 20.8. The molecule has 0 unspecified atom stereocenters. The number of fused-ring (bicyclic) bond motifs is 1. The number of rotatable bonds is 5. The molecule has 34 heavy (non-hydrogen) atoms. The molecule has 3 aromatic carbocycles. The van der Waals surface area contributed by atoms with Gasteiger partial charge in [-0.15, -0.1) is 0 Å². The SMILES string of the molecule is CN(c1ccc2cc(C(=O)Nc3cc(Br)cc(-c4ccc(F)cc4F)c3)n(C)c2c1)S(C)(=O)=O. The fraction of sp³-hybridized carbons (Fsp3) is 0.125. The van der Waals surface area contributed by atoms with Crippen LogP contribution in [0.5, 0.6) is 0 Å². The molecular weight excluding hydrogens is 528 g/mol. The molecule has 0 atom stereocenters. The first-order valence-corrected chi connectivity index (χ1v) is 12.7. The zero-order chi connectivity index (χ0) is 24.8. The summed E-state index contributed by atoms with van der Waals surface area (Å²) in [4.78, 5) is 13.1. The number of anilines is 2. The van der Waals surface area contributed by atoms with Crippen molar-refractivity contribution in [3.63, 3.8) is 0 Å². The molecule has 0 spiro atoms. The third kappa shape index (κ3) is 4.69. The summed E-state index contributed by atoms with van der Waals surface area (Å²) in [6, 6.07) is 15.1. The first-order chi connectivity index (χ1) is 15.9. The highest BCUT2D eigenvalue weighted by Crippen LogP contribution is 2.31. The molecule has 0 radical (unpaired) electrons. The molecule has 0 aliphatic heterocycles. The Morgan fingerprint density at radius 3 is 2.44 bits per heavy atom. The van der Waals surface area contributed by atoms with Gasteiger partial charge in [-0.2, -0.15) is 0 Å². The van der Waals surface area contributed by atoms with Gasteiger partial charge in [0.15, 0.2) is 0 Å². The Balaban J connectivity index is 1.67. The highest BCUT2D eigenvalue weighted by molar-refractivity contribution is 9.10. The van der Waals surface area contributed by atoms with Gasteiger partial charge in [-0.25, -0.2) is 17.2 Å². The standard InChI is InChI=1S/C24H20BrF2N3O3S/c1-29-22-13-19(30(2)34(3,32)33)6-4-14(22)10-23(29)24(31)28-18-9-15(8-16(25)11-18)20-7-5-17(26)12-21(20)27/h4-13H,1-3H3,(H,28,31). The minimum atomic E-state index is -3.43. The lowest BCUT2D eigenvalue weighted by molar-refractivity contribution is 0.101. The number of nitrogens with zero attached hydrogens (tertiary/aromatic N) is 2. The van der Waals surface area contributed by atoms with E-state index in [1.165, 1.54) is 19.2 Å². The lowest BCUT2D eigenvalue weighted by atomic mass is 10.0. The summed E-state index contributed by atoms with van der Waals surface area (Å²) in [7, 11) is -0.261. The summed E-state index contributed by atoms with van der Waals surface area (Å²) < 4.78 is 54.8. The summed E-state index contributed by atoms with van der Waals surface area (Å²) in [6.07, 6.45) is 1.12. The van der Waals surface area contributed by atoms with E-state index < -0.39 is 27.6 Å². The number of hydrogen-bond donors (Lipinski definition) is 1. The summed E-state index contributed by atoms with van der Waals surface area (Å²) in [5.74, 6) is -1.79. The third-order valence-electron chi connectivity index (χ3n) is 5.52. The number of hydrogen-bond acceptors (Lipinski definition) is 3. The molecule has 0 fully saturated rings. The van der Waals surface area contributed by atoms with Crippen LogP contribution >= 0.6 is 15.9 Å². The van der Waals surface area contributed by atoms with Crippen LogP contribution in [0.4, 0.5) is 20.2 Å². The van der Waals surface area contributed by atoms with Crippen molar-refractivity contribution in [2.75, 3.05) is 22.9 Å². The molecule has 4 rings (SSSR count). The number of benzene rings is 3. The van der Waals surface area contributed by atoms with Gasteiger partial charge in [0, 0.05) is 41.3 Å². The van der Waals surface area contributed by atoms with E-state index in [1.807, 2.05) is 0 Å². The first-order valence-electron chi connectivity index (χ1n) is 10.0. The van der Waals surface area contributed by atoms with Crippen LogP contribution in [0, 0.1) is 11.6 Å². The van der Waals surface area contributed by atoms with E-state index in [4.69, 9.17) is 0 Å². The molecule has 10 heteroatoms. The Hall–Kier alpha value is -3.24. The van der Waals surface area contributed by atoms with Crippen LogP contribution in [-0.4, -0.2) is 32.2 Å². The number of aromatic nitrogens is 1. The maximum absolute atomic E-state index is 14.3. The molecule has 1 amide bonds. The molecule has 0 aliphatic carbocycles. The monoisotopic (exact) mass is 547 g/mol. The lowest BCUT2D eigenvalue weighted by Crippen LogP contribution is -2.24. The van der Waals surface area contributed by atoms with Gasteiger partial charge in [-0.05, 0) is 54.1 Å². The van der Waals surface area contributed by atoms with Gasteiger partial charge < -0.3 is 9.88 Å². The lowest BCUT2D eigenvalue weighted by Gasteiger charge is -2.16. The van der Waals surface area contributed by atoms with E-state index in [2.05, 4.69) is 21.2 Å². The Morgan fingerprint density at radius 2 is 1.76 bits per heavy atom. The average Bonchev–Trinajstić information content (AvgIpc) is 3.08. The molecule has 1 aromatic heterocycles. The molecule has 4 aromatic rings. The van der Waals surface area contributed by atoms with Gasteiger partial charge in [0.1, 0.15) is 17.3 Å². The number of sulfonamides is 1. The minimum Gasteiger partial charge on any atom is -0.340 e. The highest BCUT2D eigenvalue weighted by atomic mass is 79.9. The topological polar surface area (TPSA) is 71.4 Å². The summed E-state index contributed by atoms with van der Waals surface area (Å²) in [5.41, 5.74) is 2.59. The van der Waals surface area contributed by atoms with Crippen LogP contribution in [0.25, 0.3) is 22.0 Å². The number of nitrogens with one attached hydrogen (secondary N) is 1. The van der Waals surface area contributed by atoms with Crippen LogP contribution in [0.15, 0.2) is 65.1 Å². The van der Waals surface area contributed by atoms with Gasteiger partial charge in [0.2, 0.25) is 10.0 Å². The second-order valence-corrected chi connectivity index (χ2v) is 10.8. The van der Waals surface area contributed by atoms with E-state index in [0.29, 0.717) is 32.6 Å². The zero-order valence-electron chi connectivity index (χ0n) is 18.4. The van der Waals surface area contributed by atoms with Gasteiger partial charge in [-0.3, -0.25) is 9.10 Å². The Morgan fingerprint density at radius 1 is 1.03 bits per heavy atom. The first kappa shape index (κ1) is 23.9. The normalized spacial score (nSPS) is 11.6. The van der Waals surface area contributed by atoms with Crippen molar-refractivity contribution in [3.8, 4) is 11.1 Å². The fourth-order valence-corrected chi connectivity index (χ4v) is 4.65. The average molecular weight is 548 g/mol. The van der Waals surface area contributed by atoms with Crippen molar-refractivity contribution in [2.45, 2.75) is 0 Å². The fourth-order valence-electron chi connectivity index (χ4n) is 3.66. The second-order valence-electron chi connectivity index (χ2n) is 7.87. The number of amides is 1. The maximum atomic E-state index is 14.3. The predicted molar refractivity (Wildman–Crippen MR) is 134 cm³/mol. The largest absolute Gasteiger partial charge is 0.340 e. The molecule has 1 heterocycles. The number of halogens is 3. The molecule has 0 saturated heterocycles. The van der Waals surface area contributed by atoms with Crippen LogP contribution in [0.2, 0.25) is 0 Å². The van der Waals surface area contributed by atoms with Crippen molar-refractivity contribution < 1.29 is 22.0 Å². The van der Waals surface area contributed by atoms with Crippen molar-refractivity contribution >= 4 is 54.1 Å². The molecule has 0 aliphatic rings. The minimum absolute atomic E-state index is 0.199. The smallest absolute Gasteiger partial charge is 0.272 e. The van der Waals surface area contributed by atoms with E-state index >= 15 is 0 Å². The van der Waals surface area contributed by atoms with Crippen molar-refractivity contribution in [3.05, 3.63) is 82.5 Å². The van der Waals surface area contributed by atoms with E-state index in [-0.39, 0.29) is 5.56 Å². The number of carbonyl (C=O) groups excluding carboxylic acids is 1. The maximum Gasteiger partial charge on any atom is 0.272 e. The van der Waals surface area contributed by atoms with Crippen molar-refractivity contribution in [2.24, 2.45) is 7.05 Å². The van der Waals surface area contributed by atoms with Crippen molar-refractivity contribution in [1.82, 2.24) is 4.57 Å². The predicted octanol–water partition coefficient (Wildman–Crippen LogP) is 5.53. The van der Waals surface area contributed by atoms with Crippen molar-refractivity contribution in [1.29, 1.82) is 0 Å². The second kappa shape index (κ2) is 8.84. The Labute approximate surface area is 204 Å². The molecule has 176 valence electrons. The van der Waals surface area contributed by atoms with E-state index in [0.717, 1.165) is 22.0 Å². The van der Waals surface area contributed by atoms with E-state index in [1.54, 1.807) is 54.1 Å². The number of carbonyl (C=O) groups is 1. The Kier molecular flexibility index (Phi) is 6.22. The Bertz CT molecular complexity index is 1550. The van der Waals surface area contributed by atoms with Crippen LogP contribution in [-0.2, 0) is 17.1 Å². The van der Waals surface area contributed by atoms with Crippen LogP contribution < -0.4 is 9.62 Å². The quantitative estimate of drug-likeness (QED) is 0.357. The molecule has 6 nitrogen and oxygen atoms in total. The highest BCUT2D eigenvalue weighted by Gasteiger charge is 2.18. The third-order valence-corrected chi connectivity index (χ3v) is 7.18.